The number of hydrogen-bond acceptors (Lipinski definition) is 4. The molecule has 1 aromatic rings. The summed E-state index contributed by atoms with van der Waals surface area (Å²) in [6.07, 6.45) is 1.64. The molecule has 1 aromatic carbocycles. The lowest BCUT2D eigenvalue weighted by molar-refractivity contribution is 0.0948. The van der Waals surface area contributed by atoms with Crippen LogP contribution in [0.15, 0.2) is 23.1 Å². The number of ether oxygens (including phenoxy) is 1. The molecule has 0 spiro atoms. The van der Waals surface area contributed by atoms with Crippen molar-refractivity contribution in [1.29, 1.82) is 0 Å². The third kappa shape index (κ3) is 5.17. The summed E-state index contributed by atoms with van der Waals surface area (Å²) in [4.78, 5) is 12.0. The van der Waals surface area contributed by atoms with E-state index in [4.69, 9.17) is 16.3 Å². The molecular formula is C16H23ClN2O4S. The Labute approximate surface area is 148 Å². The molecule has 1 heterocycles. The Hall–Kier alpha value is -1.15. The van der Waals surface area contributed by atoms with E-state index in [0.717, 1.165) is 12.8 Å². The first kappa shape index (κ1) is 19.2. The number of hydrogen-bond donors (Lipinski definition) is 2. The molecule has 6 nitrogen and oxygen atoms in total. The van der Waals surface area contributed by atoms with Crippen molar-refractivity contribution >= 4 is 27.5 Å². The Morgan fingerprint density at radius 3 is 2.79 bits per heavy atom. The van der Waals surface area contributed by atoms with Crippen LogP contribution in [0.5, 0.6) is 0 Å². The molecule has 0 radical (unpaired) electrons. The molecule has 134 valence electrons. The zero-order chi connectivity index (χ0) is 17.7. The number of carbonyl (C=O) groups excluding carboxylic acids is 1. The number of rotatable bonds is 7. The van der Waals surface area contributed by atoms with Crippen LogP contribution < -0.4 is 10.0 Å². The van der Waals surface area contributed by atoms with Gasteiger partial charge in [-0.3, -0.25) is 4.79 Å². The maximum Gasteiger partial charge on any atom is 0.251 e. The van der Waals surface area contributed by atoms with E-state index < -0.39 is 10.0 Å². The van der Waals surface area contributed by atoms with Gasteiger partial charge in [0.25, 0.3) is 5.91 Å². The van der Waals surface area contributed by atoms with Gasteiger partial charge in [-0.1, -0.05) is 25.4 Å². The summed E-state index contributed by atoms with van der Waals surface area (Å²) in [5, 5.41) is 2.83. The summed E-state index contributed by atoms with van der Waals surface area (Å²) < 4.78 is 32.8. The smallest absolute Gasteiger partial charge is 0.251 e. The first-order valence-electron chi connectivity index (χ1n) is 7.98. The number of nitrogens with one attached hydrogen (secondary N) is 2. The monoisotopic (exact) mass is 374 g/mol. The molecule has 24 heavy (non-hydrogen) atoms. The van der Waals surface area contributed by atoms with Gasteiger partial charge in [0.15, 0.2) is 0 Å². The molecule has 2 N–H and O–H groups in total. The quantitative estimate of drug-likeness (QED) is 0.766. The number of sulfonamides is 1. The van der Waals surface area contributed by atoms with E-state index in [2.05, 4.69) is 10.0 Å². The summed E-state index contributed by atoms with van der Waals surface area (Å²) >= 11 is 6.03. The second-order valence-electron chi connectivity index (χ2n) is 6.24. The Bertz CT molecular complexity index is 685. The lowest BCUT2D eigenvalue weighted by Crippen LogP contribution is -2.32. The maximum atomic E-state index is 12.5. The van der Waals surface area contributed by atoms with Crippen molar-refractivity contribution in [2.75, 3.05) is 19.7 Å². The van der Waals surface area contributed by atoms with Crippen LogP contribution in [0, 0.1) is 5.92 Å². The molecule has 0 aromatic heterocycles. The third-order valence-electron chi connectivity index (χ3n) is 3.68. The molecule has 0 bridgehead atoms. The van der Waals surface area contributed by atoms with Crippen molar-refractivity contribution < 1.29 is 17.9 Å². The molecule has 1 unspecified atom stereocenters. The zero-order valence-corrected chi connectivity index (χ0v) is 15.4. The van der Waals surface area contributed by atoms with Crippen LogP contribution in [0.2, 0.25) is 5.02 Å². The Morgan fingerprint density at radius 2 is 2.17 bits per heavy atom. The van der Waals surface area contributed by atoms with E-state index in [9.17, 15) is 13.2 Å². The number of amides is 1. The van der Waals surface area contributed by atoms with E-state index in [0.29, 0.717) is 19.1 Å². The van der Waals surface area contributed by atoms with Gasteiger partial charge >= 0.3 is 0 Å². The number of halogens is 1. The number of benzene rings is 1. The fraction of sp³-hybridized carbons (Fsp3) is 0.562. The predicted octanol–water partition coefficient (Wildman–Crippen LogP) is 2.18. The Morgan fingerprint density at radius 1 is 1.42 bits per heavy atom. The molecule has 0 saturated carbocycles. The minimum atomic E-state index is -3.81. The van der Waals surface area contributed by atoms with Gasteiger partial charge in [0.1, 0.15) is 4.90 Å². The highest BCUT2D eigenvalue weighted by atomic mass is 35.5. The van der Waals surface area contributed by atoms with Crippen molar-refractivity contribution in [1.82, 2.24) is 10.0 Å². The van der Waals surface area contributed by atoms with Crippen molar-refractivity contribution in [2.45, 2.75) is 37.7 Å². The lowest BCUT2D eigenvalue weighted by atomic mass is 10.2. The van der Waals surface area contributed by atoms with Crippen LogP contribution in [0.3, 0.4) is 0 Å². The molecule has 1 atom stereocenters. The van der Waals surface area contributed by atoms with Gasteiger partial charge in [0.2, 0.25) is 10.0 Å². The summed E-state index contributed by atoms with van der Waals surface area (Å²) in [7, 11) is -3.81. The standard InChI is InChI=1S/C16H23ClN2O4S/c1-11(2)9-18-16(20)12-5-6-14(17)15(8-12)24(21,22)19-10-13-4-3-7-23-13/h5-6,8,11,13,19H,3-4,7,9-10H2,1-2H3,(H,18,20). The summed E-state index contributed by atoms with van der Waals surface area (Å²) in [6.45, 7) is 5.32. The first-order chi connectivity index (χ1) is 11.3. The van der Waals surface area contributed by atoms with E-state index in [1.165, 1.54) is 18.2 Å². The van der Waals surface area contributed by atoms with Crippen LogP contribution >= 0.6 is 11.6 Å². The van der Waals surface area contributed by atoms with Crippen LogP contribution in [-0.4, -0.2) is 40.1 Å². The molecule has 1 saturated heterocycles. The lowest BCUT2D eigenvalue weighted by Gasteiger charge is -2.13. The summed E-state index contributed by atoms with van der Waals surface area (Å²) in [5.41, 5.74) is 0.262. The zero-order valence-electron chi connectivity index (χ0n) is 13.8. The minimum Gasteiger partial charge on any atom is -0.377 e. The first-order valence-corrected chi connectivity index (χ1v) is 9.84. The van der Waals surface area contributed by atoms with Gasteiger partial charge in [-0.05, 0) is 37.0 Å². The highest BCUT2D eigenvalue weighted by molar-refractivity contribution is 7.89. The Kier molecular flexibility index (Phi) is 6.62. The average Bonchev–Trinajstić information content (AvgIpc) is 3.04. The molecule has 1 fully saturated rings. The summed E-state index contributed by atoms with van der Waals surface area (Å²) in [5.74, 6) is -0.0199. The molecular weight excluding hydrogens is 352 g/mol. The van der Waals surface area contributed by atoms with Gasteiger partial charge in [-0.2, -0.15) is 0 Å². The van der Waals surface area contributed by atoms with Crippen LogP contribution in [0.4, 0.5) is 0 Å². The van der Waals surface area contributed by atoms with E-state index in [-0.39, 0.29) is 34.0 Å². The minimum absolute atomic E-state index is 0.0789. The second kappa shape index (κ2) is 8.29. The van der Waals surface area contributed by atoms with Crippen molar-refractivity contribution in [3.8, 4) is 0 Å². The van der Waals surface area contributed by atoms with Gasteiger partial charge in [-0.15, -0.1) is 0 Å². The van der Waals surface area contributed by atoms with E-state index in [1.54, 1.807) is 0 Å². The van der Waals surface area contributed by atoms with Gasteiger partial charge in [-0.25, -0.2) is 13.1 Å². The molecule has 1 aliphatic heterocycles. The number of carbonyl (C=O) groups is 1. The normalized spacial score (nSPS) is 18.1. The fourth-order valence-electron chi connectivity index (χ4n) is 2.34. The summed E-state index contributed by atoms with van der Waals surface area (Å²) in [6, 6.07) is 4.24. The highest BCUT2D eigenvalue weighted by Gasteiger charge is 2.23. The second-order valence-corrected chi connectivity index (χ2v) is 8.38. The maximum absolute atomic E-state index is 12.5. The molecule has 8 heteroatoms. The van der Waals surface area contributed by atoms with Gasteiger partial charge in [0.05, 0.1) is 11.1 Å². The predicted molar refractivity (Wildman–Crippen MR) is 92.8 cm³/mol. The molecule has 2 rings (SSSR count). The largest absolute Gasteiger partial charge is 0.377 e. The van der Waals surface area contributed by atoms with Crippen molar-refractivity contribution in [3.05, 3.63) is 28.8 Å². The van der Waals surface area contributed by atoms with Crippen molar-refractivity contribution in [3.63, 3.8) is 0 Å². The Balaban J connectivity index is 2.12. The van der Waals surface area contributed by atoms with Gasteiger partial charge < -0.3 is 10.1 Å². The van der Waals surface area contributed by atoms with Gasteiger partial charge in [0, 0.05) is 25.3 Å². The van der Waals surface area contributed by atoms with Crippen LogP contribution in [-0.2, 0) is 14.8 Å². The highest BCUT2D eigenvalue weighted by Crippen LogP contribution is 2.23. The van der Waals surface area contributed by atoms with E-state index >= 15 is 0 Å². The average molecular weight is 375 g/mol. The van der Waals surface area contributed by atoms with Crippen LogP contribution in [0.25, 0.3) is 0 Å². The van der Waals surface area contributed by atoms with E-state index in [1.807, 2.05) is 13.8 Å². The molecule has 1 aliphatic rings. The van der Waals surface area contributed by atoms with Crippen molar-refractivity contribution in [2.24, 2.45) is 5.92 Å². The topological polar surface area (TPSA) is 84.5 Å². The molecule has 0 aliphatic carbocycles. The van der Waals surface area contributed by atoms with Crippen LogP contribution in [0.1, 0.15) is 37.0 Å². The third-order valence-corrected chi connectivity index (χ3v) is 5.58. The fourth-order valence-corrected chi connectivity index (χ4v) is 3.93. The molecule has 1 amide bonds. The SMILES string of the molecule is CC(C)CNC(=O)c1ccc(Cl)c(S(=O)(=O)NCC2CCCO2)c1.